The van der Waals surface area contributed by atoms with Gasteiger partial charge in [-0.2, -0.15) is 0 Å². The van der Waals surface area contributed by atoms with Crippen molar-refractivity contribution < 1.29 is 24.3 Å². The molecule has 1 aromatic carbocycles. The first-order valence-corrected chi connectivity index (χ1v) is 5.31. The highest BCUT2D eigenvalue weighted by Crippen LogP contribution is 2.43. The average molecular weight is 255 g/mol. The van der Waals surface area contributed by atoms with Crippen molar-refractivity contribution in [3.8, 4) is 17.2 Å². The van der Waals surface area contributed by atoms with Crippen LogP contribution in [0.15, 0.2) is 6.07 Å². The molecule has 7 nitrogen and oxygen atoms in total. The van der Waals surface area contributed by atoms with Crippen LogP contribution in [-0.2, 0) is 0 Å². The second kappa shape index (κ2) is 5.85. The van der Waals surface area contributed by atoms with E-state index < -0.39 is 16.4 Å². The predicted molar refractivity (Wildman–Crippen MR) is 62.5 cm³/mol. The van der Waals surface area contributed by atoms with Crippen molar-refractivity contribution in [2.75, 3.05) is 13.2 Å². The van der Waals surface area contributed by atoms with Gasteiger partial charge >= 0.3 is 5.69 Å². The van der Waals surface area contributed by atoms with Gasteiger partial charge in [-0.25, -0.2) is 0 Å². The van der Waals surface area contributed by atoms with Crippen molar-refractivity contribution in [3.63, 3.8) is 0 Å². The Morgan fingerprint density at radius 2 is 2.00 bits per heavy atom. The summed E-state index contributed by atoms with van der Waals surface area (Å²) in [5.74, 6) is -0.822. The number of aromatic hydroxyl groups is 1. The molecule has 98 valence electrons. The number of hydrogen-bond donors (Lipinski definition) is 1. The minimum atomic E-state index is -0.706. The van der Waals surface area contributed by atoms with Crippen molar-refractivity contribution >= 4 is 12.0 Å². The summed E-state index contributed by atoms with van der Waals surface area (Å²) in [6.45, 7) is 3.57. The van der Waals surface area contributed by atoms with Gasteiger partial charge < -0.3 is 14.6 Å². The average Bonchev–Trinajstić information content (AvgIpc) is 2.29. The highest BCUT2D eigenvalue weighted by Gasteiger charge is 2.28. The molecule has 0 spiro atoms. The molecule has 0 atom stereocenters. The minimum absolute atomic E-state index is 0.122. The number of rotatable bonds is 6. The Kier molecular flexibility index (Phi) is 4.47. The van der Waals surface area contributed by atoms with Crippen molar-refractivity contribution in [2.24, 2.45) is 0 Å². The van der Waals surface area contributed by atoms with Crippen LogP contribution in [0.5, 0.6) is 17.2 Å². The number of nitro groups is 1. The zero-order chi connectivity index (χ0) is 13.7. The van der Waals surface area contributed by atoms with Crippen molar-refractivity contribution in [1.82, 2.24) is 0 Å². The molecule has 0 unspecified atom stereocenters. The highest BCUT2D eigenvalue weighted by molar-refractivity contribution is 5.88. The van der Waals surface area contributed by atoms with E-state index >= 15 is 0 Å². The Bertz CT molecular complexity index is 471. The van der Waals surface area contributed by atoms with Gasteiger partial charge in [0.2, 0.25) is 11.5 Å². The Hall–Kier alpha value is -2.31. The molecule has 0 aliphatic carbocycles. The topological polar surface area (TPSA) is 98.9 Å². The SMILES string of the molecule is CCOc1cc(O)c(C=O)c(OCC)c1[N+](=O)[O-]. The fraction of sp³-hybridized carbons (Fsp3) is 0.364. The molecule has 1 aromatic rings. The molecule has 1 rings (SSSR count). The molecule has 0 heterocycles. The minimum Gasteiger partial charge on any atom is -0.507 e. The number of carbonyl (C=O) groups is 1. The molecule has 1 N–H and O–H groups in total. The summed E-state index contributed by atoms with van der Waals surface area (Å²) in [5.41, 5.74) is -0.717. The summed E-state index contributed by atoms with van der Waals surface area (Å²) >= 11 is 0. The lowest BCUT2D eigenvalue weighted by Crippen LogP contribution is -2.04. The molecule has 0 saturated heterocycles. The second-order valence-electron chi connectivity index (χ2n) is 3.23. The largest absolute Gasteiger partial charge is 0.507 e. The fourth-order valence-corrected chi connectivity index (χ4v) is 1.47. The maximum atomic E-state index is 11.0. The number of ether oxygens (including phenoxy) is 2. The van der Waals surface area contributed by atoms with Gasteiger partial charge in [0.25, 0.3) is 0 Å². The molecule has 0 bridgehead atoms. The van der Waals surface area contributed by atoms with E-state index in [9.17, 15) is 20.0 Å². The van der Waals surface area contributed by atoms with Gasteiger partial charge in [-0.15, -0.1) is 0 Å². The van der Waals surface area contributed by atoms with Crippen molar-refractivity contribution in [1.29, 1.82) is 0 Å². The summed E-state index contributed by atoms with van der Waals surface area (Å²) < 4.78 is 10.1. The van der Waals surface area contributed by atoms with Crippen molar-refractivity contribution in [2.45, 2.75) is 13.8 Å². The van der Waals surface area contributed by atoms with Gasteiger partial charge in [-0.05, 0) is 13.8 Å². The van der Waals surface area contributed by atoms with Crippen LogP contribution < -0.4 is 9.47 Å². The third kappa shape index (κ3) is 2.50. The van der Waals surface area contributed by atoms with E-state index in [0.717, 1.165) is 6.07 Å². The lowest BCUT2D eigenvalue weighted by atomic mass is 10.1. The third-order valence-corrected chi connectivity index (χ3v) is 2.13. The van der Waals surface area contributed by atoms with Crippen LogP contribution >= 0.6 is 0 Å². The first-order chi connectivity index (χ1) is 8.56. The van der Waals surface area contributed by atoms with Gasteiger partial charge in [0, 0.05) is 6.07 Å². The van der Waals surface area contributed by atoms with Gasteiger partial charge in [0.1, 0.15) is 11.3 Å². The van der Waals surface area contributed by atoms with E-state index in [4.69, 9.17) is 9.47 Å². The molecule has 0 amide bonds. The van der Waals surface area contributed by atoms with Crippen LogP contribution in [0.25, 0.3) is 0 Å². The molecule has 0 saturated carbocycles. The molecule has 0 aromatic heterocycles. The first-order valence-electron chi connectivity index (χ1n) is 5.31. The zero-order valence-corrected chi connectivity index (χ0v) is 10.0. The number of carbonyl (C=O) groups excluding carboxylic acids is 1. The number of benzene rings is 1. The Morgan fingerprint density at radius 1 is 1.39 bits per heavy atom. The Morgan fingerprint density at radius 3 is 2.44 bits per heavy atom. The molecular formula is C11H13NO6. The number of aldehydes is 1. The van der Waals surface area contributed by atoms with E-state index in [0.29, 0.717) is 6.29 Å². The van der Waals surface area contributed by atoms with Gasteiger partial charge in [-0.3, -0.25) is 14.9 Å². The normalized spacial score (nSPS) is 9.89. The van der Waals surface area contributed by atoms with Gasteiger partial charge in [0.15, 0.2) is 6.29 Å². The number of nitro benzene ring substituents is 1. The summed E-state index contributed by atoms with van der Waals surface area (Å²) in [7, 11) is 0. The van der Waals surface area contributed by atoms with E-state index in [1.165, 1.54) is 0 Å². The Balaban J connectivity index is 3.56. The zero-order valence-electron chi connectivity index (χ0n) is 10.0. The molecule has 0 fully saturated rings. The van der Waals surface area contributed by atoms with Crippen molar-refractivity contribution in [3.05, 3.63) is 21.7 Å². The van der Waals surface area contributed by atoms with Crippen LogP contribution in [0, 0.1) is 10.1 Å². The molecule has 7 heteroatoms. The first kappa shape index (κ1) is 13.8. The molecule has 0 aliphatic heterocycles. The van der Waals surface area contributed by atoms with Crippen LogP contribution in [-0.4, -0.2) is 29.5 Å². The standard InChI is InChI=1S/C11H13NO6/c1-3-17-9-5-8(14)7(6-13)11(18-4-2)10(9)12(15)16/h5-6,14H,3-4H2,1-2H3. The summed E-state index contributed by atoms with van der Waals surface area (Å²) in [6, 6.07) is 1.04. The lowest BCUT2D eigenvalue weighted by Gasteiger charge is -2.12. The summed E-state index contributed by atoms with van der Waals surface area (Å²) in [6.07, 6.45) is 0.309. The number of phenolic OH excluding ortho intramolecular Hbond substituents is 1. The lowest BCUT2D eigenvalue weighted by molar-refractivity contribution is -0.386. The second-order valence-corrected chi connectivity index (χ2v) is 3.23. The molecule has 0 aliphatic rings. The molecule has 0 radical (unpaired) electrons. The smallest absolute Gasteiger partial charge is 0.353 e. The van der Waals surface area contributed by atoms with Gasteiger partial charge in [-0.1, -0.05) is 0 Å². The summed E-state index contributed by atoms with van der Waals surface area (Å²) in [4.78, 5) is 21.2. The quantitative estimate of drug-likeness (QED) is 0.473. The van der Waals surface area contributed by atoms with E-state index in [2.05, 4.69) is 0 Å². The summed E-state index contributed by atoms with van der Waals surface area (Å²) in [5, 5.41) is 20.6. The highest BCUT2D eigenvalue weighted by atomic mass is 16.6. The maximum absolute atomic E-state index is 11.0. The van der Waals surface area contributed by atoms with Crippen LogP contribution in [0.3, 0.4) is 0 Å². The molecule has 18 heavy (non-hydrogen) atoms. The van der Waals surface area contributed by atoms with Gasteiger partial charge in [0.05, 0.1) is 18.1 Å². The number of nitrogens with zero attached hydrogens (tertiary/aromatic N) is 1. The van der Waals surface area contributed by atoms with Crippen LogP contribution in [0.4, 0.5) is 5.69 Å². The molecular weight excluding hydrogens is 242 g/mol. The Labute approximate surface area is 103 Å². The van der Waals surface area contributed by atoms with Crippen LogP contribution in [0.1, 0.15) is 24.2 Å². The van der Waals surface area contributed by atoms with E-state index in [1.54, 1.807) is 13.8 Å². The predicted octanol–water partition coefficient (Wildman–Crippen LogP) is 1.91. The fourth-order valence-electron chi connectivity index (χ4n) is 1.47. The van der Waals surface area contributed by atoms with Crippen LogP contribution in [0.2, 0.25) is 0 Å². The number of hydrogen-bond acceptors (Lipinski definition) is 6. The third-order valence-electron chi connectivity index (χ3n) is 2.13. The maximum Gasteiger partial charge on any atom is 0.353 e. The monoisotopic (exact) mass is 255 g/mol. The van der Waals surface area contributed by atoms with E-state index in [1.807, 2.05) is 0 Å². The number of phenols is 1. The van der Waals surface area contributed by atoms with E-state index in [-0.39, 0.29) is 30.3 Å².